The molecule has 0 spiro atoms. The van der Waals surface area contributed by atoms with Crippen molar-refractivity contribution in [1.29, 1.82) is 0 Å². The van der Waals surface area contributed by atoms with Gasteiger partial charge in [0.1, 0.15) is 0 Å². The summed E-state index contributed by atoms with van der Waals surface area (Å²) in [6.07, 6.45) is 0. The van der Waals surface area contributed by atoms with Crippen LogP contribution in [0.15, 0.2) is 24.3 Å². The largest absolute Gasteiger partial charge is 0.318 e. The van der Waals surface area contributed by atoms with Crippen LogP contribution in [-0.4, -0.2) is 27.3 Å². The van der Waals surface area contributed by atoms with Crippen molar-refractivity contribution in [3.05, 3.63) is 27.8 Å². The molecule has 0 bridgehead atoms. The van der Waals surface area contributed by atoms with E-state index in [0.717, 1.165) is 3.57 Å². The molecule has 0 aliphatic carbocycles. The Morgan fingerprint density at radius 3 is 2.38 bits per heavy atom. The molecule has 0 aliphatic rings. The summed E-state index contributed by atoms with van der Waals surface area (Å²) in [5, 5.41) is 2.39. The first kappa shape index (κ1) is 13.7. The van der Waals surface area contributed by atoms with Crippen molar-refractivity contribution >= 4 is 38.3 Å². The van der Waals surface area contributed by atoms with Crippen LogP contribution in [0.5, 0.6) is 0 Å². The number of sulfonamides is 1. The number of hydrogen-bond acceptors (Lipinski definition) is 3. The van der Waals surface area contributed by atoms with Crippen molar-refractivity contribution < 1.29 is 8.42 Å². The predicted octanol–water partition coefficient (Wildman–Crippen LogP) is 1.64. The highest BCUT2D eigenvalue weighted by Crippen LogP contribution is 2.14. The van der Waals surface area contributed by atoms with Gasteiger partial charge in [0.05, 0.1) is 5.25 Å². The van der Waals surface area contributed by atoms with Gasteiger partial charge < -0.3 is 5.32 Å². The van der Waals surface area contributed by atoms with E-state index in [0.29, 0.717) is 12.2 Å². The van der Waals surface area contributed by atoms with Crippen LogP contribution in [-0.2, 0) is 10.0 Å². The second-order valence-corrected chi connectivity index (χ2v) is 6.87. The maximum atomic E-state index is 11.8. The average Bonchev–Trinajstić information content (AvgIpc) is 2.21. The normalized spacial score (nSPS) is 13.4. The molecule has 4 nitrogen and oxygen atoms in total. The lowest BCUT2D eigenvalue weighted by Gasteiger charge is -2.14. The van der Waals surface area contributed by atoms with Crippen LogP contribution < -0.4 is 10.0 Å². The molecular weight excluding hydrogens is 339 g/mol. The number of halogens is 1. The van der Waals surface area contributed by atoms with Gasteiger partial charge in [0.2, 0.25) is 10.0 Å². The van der Waals surface area contributed by atoms with E-state index in [9.17, 15) is 8.42 Å². The van der Waals surface area contributed by atoms with Gasteiger partial charge in [0.25, 0.3) is 0 Å². The van der Waals surface area contributed by atoms with Gasteiger partial charge in [-0.15, -0.1) is 0 Å². The van der Waals surface area contributed by atoms with Gasteiger partial charge in [-0.1, -0.05) is 0 Å². The van der Waals surface area contributed by atoms with E-state index in [1.54, 1.807) is 26.1 Å². The zero-order chi connectivity index (χ0) is 12.2. The number of nitrogens with one attached hydrogen (secondary N) is 2. The summed E-state index contributed by atoms with van der Waals surface area (Å²) in [7, 11) is -1.57. The highest BCUT2D eigenvalue weighted by molar-refractivity contribution is 14.1. The molecule has 0 amide bonds. The fraction of sp³-hybridized carbons (Fsp3) is 0.400. The molecule has 90 valence electrons. The van der Waals surface area contributed by atoms with E-state index >= 15 is 0 Å². The fourth-order valence-electron chi connectivity index (χ4n) is 1.18. The molecule has 0 aliphatic heterocycles. The molecule has 1 atom stereocenters. The summed E-state index contributed by atoms with van der Waals surface area (Å²) in [4.78, 5) is 0. The summed E-state index contributed by atoms with van der Waals surface area (Å²) in [5.74, 6) is 0. The molecule has 0 saturated carbocycles. The average molecular weight is 354 g/mol. The Labute approximate surface area is 110 Å². The third kappa shape index (κ3) is 3.91. The van der Waals surface area contributed by atoms with Gasteiger partial charge in [-0.3, -0.25) is 4.72 Å². The van der Waals surface area contributed by atoms with Gasteiger partial charge in [-0.25, -0.2) is 8.42 Å². The van der Waals surface area contributed by atoms with Crippen LogP contribution in [0.25, 0.3) is 0 Å². The molecule has 0 radical (unpaired) electrons. The molecule has 1 unspecified atom stereocenters. The highest BCUT2D eigenvalue weighted by atomic mass is 127. The Hall–Kier alpha value is -0.340. The molecule has 2 N–H and O–H groups in total. The van der Waals surface area contributed by atoms with Crippen LogP contribution in [0.1, 0.15) is 6.92 Å². The summed E-state index contributed by atoms with van der Waals surface area (Å²) in [5.41, 5.74) is 0.600. The Morgan fingerprint density at radius 1 is 1.31 bits per heavy atom. The van der Waals surface area contributed by atoms with Crippen LogP contribution in [0, 0.1) is 3.57 Å². The summed E-state index contributed by atoms with van der Waals surface area (Å²) in [6.45, 7) is 2.10. The molecule has 1 aromatic rings. The van der Waals surface area contributed by atoms with Gasteiger partial charge in [0, 0.05) is 15.8 Å². The van der Waals surface area contributed by atoms with Crippen molar-refractivity contribution in [2.75, 3.05) is 18.3 Å². The highest BCUT2D eigenvalue weighted by Gasteiger charge is 2.19. The molecule has 16 heavy (non-hydrogen) atoms. The number of benzene rings is 1. The molecule has 1 rings (SSSR count). The lowest BCUT2D eigenvalue weighted by molar-refractivity contribution is 0.584. The van der Waals surface area contributed by atoms with Gasteiger partial charge in [-0.05, 0) is 60.8 Å². The van der Waals surface area contributed by atoms with Gasteiger partial charge in [-0.2, -0.15) is 0 Å². The number of rotatable bonds is 5. The predicted molar refractivity (Wildman–Crippen MR) is 75.1 cm³/mol. The topological polar surface area (TPSA) is 58.2 Å². The second-order valence-electron chi connectivity index (χ2n) is 3.52. The fourth-order valence-corrected chi connectivity index (χ4v) is 2.59. The lowest BCUT2D eigenvalue weighted by Crippen LogP contribution is -2.33. The van der Waals surface area contributed by atoms with E-state index in [1.807, 2.05) is 12.1 Å². The summed E-state index contributed by atoms with van der Waals surface area (Å²) >= 11 is 2.17. The van der Waals surface area contributed by atoms with Crippen molar-refractivity contribution in [2.24, 2.45) is 0 Å². The molecule has 0 heterocycles. The van der Waals surface area contributed by atoms with E-state index in [4.69, 9.17) is 0 Å². The first-order chi connectivity index (χ1) is 7.45. The maximum Gasteiger partial charge on any atom is 0.236 e. The van der Waals surface area contributed by atoms with E-state index < -0.39 is 15.3 Å². The van der Waals surface area contributed by atoms with Gasteiger partial charge in [0.15, 0.2) is 0 Å². The quantitative estimate of drug-likeness (QED) is 0.791. The van der Waals surface area contributed by atoms with E-state index in [2.05, 4.69) is 32.6 Å². The number of anilines is 1. The van der Waals surface area contributed by atoms with Crippen LogP contribution >= 0.6 is 22.6 Å². The Bertz CT molecular complexity index is 431. The number of hydrogen-bond donors (Lipinski definition) is 2. The minimum atomic E-state index is -3.30. The Morgan fingerprint density at radius 2 is 1.88 bits per heavy atom. The lowest BCUT2D eigenvalue weighted by atomic mass is 10.3. The van der Waals surface area contributed by atoms with E-state index in [1.165, 1.54) is 0 Å². The minimum absolute atomic E-state index is 0.430. The molecule has 6 heteroatoms. The standard InChI is InChI=1S/C10H15IN2O2S/c1-8(7-12-2)16(14,15)13-10-5-3-9(11)4-6-10/h3-6,8,12-13H,7H2,1-2H3. The third-order valence-corrected chi connectivity index (χ3v) is 4.59. The maximum absolute atomic E-state index is 11.8. The van der Waals surface area contributed by atoms with Crippen molar-refractivity contribution in [3.8, 4) is 0 Å². The van der Waals surface area contributed by atoms with Crippen molar-refractivity contribution in [2.45, 2.75) is 12.2 Å². The first-order valence-corrected chi connectivity index (χ1v) is 7.50. The second kappa shape index (κ2) is 5.83. The Balaban J connectivity index is 2.76. The summed E-state index contributed by atoms with van der Waals surface area (Å²) in [6, 6.07) is 7.24. The zero-order valence-corrected chi connectivity index (χ0v) is 12.2. The Kier molecular flexibility index (Phi) is 5.00. The van der Waals surface area contributed by atoms with Crippen LogP contribution in [0.4, 0.5) is 5.69 Å². The van der Waals surface area contributed by atoms with E-state index in [-0.39, 0.29) is 0 Å². The first-order valence-electron chi connectivity index (χ1n) is 4.87. The van der Waals surface area contributed by atoms with Crippen molar-refractivity contribution in [3.63, 3.8) is 0 Å². The van der Waals surface area contributed by atoms with Gasteiger partial charge >= 0.3 is 0 Å². The zero-order valence-electron chi connectivity index (χ0n) is 9.20. The third-order valence-electron chi connectivity index (χ3n) is 2.13. The minimum Gasteiger partial charge on any atom is -0.318 e. The van der Waals surface area contributed by atoms with Crippen LogP contribution in [0.2, 0.25) is 0 Å². The SMILES string of the molecule is CNCC(C)S(=O)(=O)Nc1ccc(I)cc1. The smallest absolute Gasteiger partial charge is 0.236 e. The molecular formula is C10H15IN2O2S. The van der Waals surface area contributed by atoms with Crippen LogP contribution in [0.3, 0.4) is 0 Å². The molecule has 1 aromatic carbocycles. The molecule has 0 aromatic heterocycles. The molecule has 0 saturated heterocycles. The monoisotopic (exact) mass is 354 g/mol. The summed E-state index contributed by atoms with van der Waals surface area (Å²) < 4.78 is 27.3. The van der Waals surface area contributed by atoms with Crippen molar-refractivity contribution in [1.82, 2.24) is 5.32 Å². The molecule has 0 fully saturated rings.